The first-order chi connectivity index (χ1) is 13.5. The third-order valence-corrected chi connectivity index (χ3v) is 5.13. The van der Waals surface area contributed by atoms with Crippen LogP contribution in [0.1, 0.15) is 35.9 Å². The molecule has 0 aliphatic carbocycles. The molecule has 0 spiro atoms. The number of carbonyl (C=O) groups excluding carboxylic acids is 2. The van der Waals surface area contributed by atoms with E-state index in [-0.39, 0.29) is 36.6 Å². The SMILES string of the molecule is CCOc1ccc(C(=O)CCC(=O)N(C)Cc2nc3ccsc3c(=O)[nH]2)cc1. The topological polar surface area (TPSA) is 92.4 Å². The second kappa shape index (κ2) is 8.79. The molecule has 0 aliphatic heterocycles. The number of ether oxygens (including phenoxy) is 1. The fourth-order valence-corrected chi connectivity index (χ4v) is 3.49. The number of nitrogens with one attached hydrogen (secondary N) is 1. The maximum absolute atomic E-state index is 12.4. The zero-order valence-corrected chi connectivity index (χ0v) is 16.5. The van der Waals surface area contributed by atoms with Gasteiger partial charge in [0.1, 0.15) is 16.3 Å². The Kier molecular flexibility index (Phi) is 6.20. The van der Waals surface area contributed by atoms with Gasteiger partial charge in [0, 0.05) is 25.5 Å². The van der Waals surface area contributed by atoms with E-state index < -0.39 is 0 Å². The standard InChI is InChI=1S/C20H21N3O4S/c1-3-27-14-6-4-13(5-7-14)16(24)8-9-18(25)23(2)12-17-21-15-10-11-28-19(15)20(26)22-17/h4-7,10-11H,3,8-9,12H2,1-2H3,(H,21,22,26). The van der Waals surface area contributed by atoms with E-state index in [1.54, 1.807) is 42.8 Å². The first-order valence-corrected chi connectivity index (χ1v) is 9.82. The molecular weight excluding hydrogens is 378 g/mol. The monoisotopic (exact) mass is 399 g/mol. The van der Waals surface area contributed by atoms with Gasteiger partial charge < -0.3 is 14.6 Å². The molecule has 1 amide bonds. The number of aromatic nitrogens is 2. The zero-order valence-electron chi connectivity index (χ0n) is 15.7. The number of amides is 1. The van der Waals surface area contributed by atoms with Crippen molar-refractivity contribution < 1.29 is 14.3 Å². The predicted molar refractivity (Wildman–Crippen MR) is 108 cm³/mol. The fraction of sp³-hybridized carbons (Fsp3) is 0.300. The van der Waals surface area contributed by atoms with E-state index in [1.165, 1.54) is 16.2 Å². The molecule has 3 aromatic rings. The molecule has 0 bridgehead atoms. The van der Waals surface area contributed by atoms with Crippen LogP contribution in [0.15, 0.2) is 40.5 Å². The highest BCUT2D eigenvalue weighted by molar-refractivity contribution is 7.17. The molecule has 2 heterocycles. The van der Waals surface area contributed by atoms with E-state index in [4.69, 9.17) is 4.74 Å². The molecule has 0 saturated heterocycles. The van der Waals surface area contributed by atoms with Gasteiger partial charge in [-0.05, 0) is 42.6 Å². The summed E-state index contributed by atoms with van der Waals surface area (Å²) in [7, 11) is 1.63. The first-order valence-electron chi connectivity index (χ1n) is 8.94. The Balaban J connectivity index is 1.56. The van der Waals surface area contributed by atoms with Crippen molar-refractivity contribution in [3.63, 3.8) is 0 Å². The lowest BCUT2D eigenvalue weighted by atomic mass is 10.1. The van der Waals surface area contributed by atoms with Crippen LogP contribution in [0.25, 0.3) is 10.2 Å². The minimum atomic E-state index is -0.207. The molecule has 1 aromatic carbocycles. The van der Waals surface area contributed by atoms with Crippen molar-refractivity contribution in [1.82, 2.24) is 14.9 Å². The van der Waals surface area contributed by atoms with E-state index in [1.807, 2.05) is 6.92 Å². The van der Waals surface area contributed by atoms with Crippen LogP contribution in [0.4, 0.5) is 0 Å². The van der Waals surface area contributed by atoms with Gasteiger partial charge in [-0.15, -0.1) is 11.3 Å². The van der Waals surface area contributed by atoms with Crippen LogP contribution < -0.4 is 10.3 Å². The van der Waals surface area contributed by atoms with Gasteiger partial charge in [0.05, 0.1) is 18.7 Å². The second-order valence-corrected chi connectivity index (χ2v) is 7.19. The van der Waals surface area contributed by atoms with Gasteiger partial charge in [-0.3, -0.25) is 14.4 Å². The number of benzene rings is 1. The Hall–Kier alpha value is -3.00. The van der Waals surface area contributed by atoms with Crippen LogP contribution >= 0.6 is 11.3 Å². The van der Waals surface area contributed by atoms with Crippen LogP contribution in [0.5, 0.6) is 5.75 Å². The lowest BCUT2D eigenvalue weighted by Crippen LogP contribution is -2.28. The number of fused-ring (bicyclic) bond motifs is 1. The van der Waals surface area contributed by atoms with Crippen molar-refractivity contribution in [1.29, 1.82) is 0 Å². The Labute approximate surface area is 166 Å². The minimum absolute atomic E-state index is 0.0907. The Morgan fingerprint density at radius 3 is 2.64 bits per heavy atom. The normalized spacial score (nSPS) is 10.8. The van der Waals surface area contributed by atoms with Crippen LogP contribution in [-0.2, 0) is 11.3 Å². The summed E-state index contributed by atoms with van der Waals surface area (Å²) in [6.45, 7) is 2.63. The van der Waals surface area contributed by atoms with Gasteiger partial charge in [-0.2, -0.15) is 0 Å². The maximum Gasteiger partial charge on any atom is 0.268 e. The largest absolute Gasteiger partial charge is 0.494 e. The average Bonchev–Trinajstić information content (AvgIpc) is 3.16. The number of hydrogen-bond donors (Lipinski definition) is 1. The van der Waals surface area contributed by atoms with Gasteiger partial charge in [-0.1, -0.05) is 0 Å². The lowest BCUT2D eigenvalue weighted by molar-refractivity contribution is -0.130. The van der Waals surface area contributed by atoms with Crippen molar-refractivity contribution in [2.24, 2.45) is 0 Å². The number of nitrogens with zero attached hydrogens (tertiary/aromatic N) is 2. The summed E-state index contributed by atoms with van der Waals surface area (Å²) < 4.78 is 5.92. The molecule has 8 heteroatoms. The third-order valence-electron chi connectivity index (χ3n) is 4.23. The van der Waals surface area contributed by atoms with E-state index in [9.17, 15) is 14.4 Å². The second-order valence-electron chi connectivity index (χ2n) is 6.28. The molecule has 0 atom stereocenters. The molecule has 146 valence electrons. The summed E-state index contributed by atoms with van der Waals surface area (Å²) in [5.74, 6) is 0.840. The van der Waals surface area contributed by atoms with Crippen LogP contribution in [0.2, 0.25) is 0 Å². The molecule has 0 saturated carbocycles. The quantitative estimate of drug-likeness (QED) is 0.588. The van der Waals surface area contributed by atoms with Gasteiger partial charge in [0.15, 0.2) is 5.78 Å². The molecule has 28 heavy (non-hydrogen) atoms. The number of thiophene rings is 1. The van der Waals surface area contributed by atoms with E-state index >= 15 is 0 Å². The molecular formula is C20H21N3O4S. The summed E-state index contributed by atoms with van der Waals surface area (Å²) in [5, 5.41) is 1.80. The number of aromatic amines is 1. The summed E-state index contributed by atoms with van der Waals surface area (Å²) in [6, 6.07) is 8.66. The summed E-state index contributed by atoms with van der Waals surface area (Å²) in [5.41, 5.74) is 0.963. The van der Waals surface area contributed by atoms with Gasteiger partial charge in [-0.25, -0.2) is 4.98 Å². The highest BCUT2D eigenvalue weighted by Crippen LogP contribution is 2.16. The number of H-pyrrole nitrogens is 1. The Morgan fingerprint density at radius 2 is 1.93 bits per heavy atom. The van der Waals surface area contributed by atoms with Crippen LogP contribution in [0, 0.1) is 0 Å². The van der Waals surface area contributed by atoms with E-state index in [2.05, 4.69) is 9.97 Å². The third kappa shape index (κ3) is 4.64. The first kappa shape index (κ1) is 19.8. The van der Waals surface area contributed by atoms with Crippen molar-refractivity contribution in [2.75, 3.05) is 13.7 Å². The van der Waals surface area contributed by atoms with Crippen molar-refractivity contribution in [3.05, 3.63) is 57.5 Å². The minimum Gasteiger partial charge on any atom is -0.494 e. The number of carbonyl (C=O) groups is 2. The molecule has 3 rings (SSSR count). The molecule has 1 N–H and O–H groups in total. The number of hydrogen-bond acceptors (Lipinski definition) is 6. The Bertz CT molecular complexity index is 1040. The molecule has 0 aliphatic rings. The smallest absolute Gasteiger partial charge is 0.268 e. The number of rotatable bonds is 8. The van der Waals surface area contributed by atoms with E-state index in [0.29, 0.717) is 34.0 Å². The molecule has 0 fully saturated rings. The Morgan fingerprint density at radius 1 is 1.18 bits per heavy atom. The number of ketones is 1. The van der Waals surface area contributed by atoms with Gasteiger partial charge in [0.2, 0.25) is 5.91 Å². The van der Waals surface area contributed by atoms with Crippen LogP contribution in [-0.4, -0.2) is 40.2 Å². The van der Waals surface area contributed by atoms with Crippen molar-refractivity contribution >= 4 is 33.2 Å². The zero-order chi connectivity index (χ0) is 20.1. The summed E-state index contributed by atoms with van der Waals surface area (Å²) >= 11 is 1.33. The molecule has 0 radical (unpaired) electrons. The van der Waals surface area contributed by atoms with Gasteiger partial charge in [0.25, 0.3) is 5.56 Å². The molecule has 7 nitrogen and oxygen atoms in total. The maximum atomic E-state index is 12.4. The number of Topliss-reactive ketones (excluding diaryl/α,β-unsaturated/α-hetero) is 1. The molecule has 0 unspecified atom stereocenters. The summed E-state index contributed by atoms with van der Waals surface area (Å²) in [4.78, 5) is 45.2. The highest BCUT2D eigenvalue weighted by atomic mass is 32.1. The van der Waals surface area contributed by atoms with Crippen molar-refractivity contribution in [3.8, 4) is 5.75 Å². The fourth-order valence-electron chi connectivity index (χ4n) is 2.77. The lowest BCUT2D eigenvalue weighted by Gasteiger charge is -2.16. The highest BCUT2D eigenvalue weighted by Gasteiger charge is 2.15. The van der Waals surface area contributed by atoms with Crippen molar-refractivity contribution in [2.45, 2.75) is 26.3 Å². The predicted octanol–water partition coefficient (Wildman–Crippen LogP) is 3.00. The van der Waals surface area contributed by atoms with Gasteiger partial charge >= 0.3 is 0 Å². The van der Waals surface area contributed by atoms with Crippen LogP contribution in [0.3, 0.4) is 0 Å². The molecule has 2 aromatic heterocycles. The summed E-state index contributed by atoms with van der Waals surface area (Å²) in [6.07, 6.45) is 0.206. The average molecular weight is 399 g/mol. The van der Waals surface area contributed by atoms with E-state index in [0.717, 1.165) is 0 Å².